The fourth-order valence-electron chi connectivity index (χ4n) is 1.89. The minimum absolute atomic E-state index is 0.169. The Bertz CT molecular complexity index is 403. The van der Waals surface area contributed by atoms with Crippen LogP contribution in [-0.4, -0.2) is 56.5 Å². The smallest absolute Gasteiger partial charge is 0.232 e. The third-order valence-electron chi connectivity index (χ3n) is 2.75. The van der Waals surface area contributed by atoms with Crippen LogP contribution in [0.25, 0.3) is 0 Å². The van der Waals surface area contributed by atoms with Crippen LogP contribution in [0.5, 0.6) is 5.88 Å². The monoisotopic (exact) mass is 316 g/mol. The van der Waals surface area contributed by atoms with E-state index >= 15 is 0 Å². The van der Waals surface area contributed by atoms with Crippen molar-refractivity contribution in [2.75, 3.05) is 45.3 Å². The molecule has 7 heteroatoms. The first-order valence-corrected chi connectivity index (χ1v) is 6.61. The van der Waals surface area contributed by atoms with Crippen molar-refractivity contribution >= 4 is 21.9 Å². The zero-order valence-corrected chi connectivity index (χ0v) is 12.1. The first-order chi connectivity index (χ1) is 8.74. The molecule has 2 heterocycles. The molecule has 1 aromatic rings. The van der Waals surface area contributed by atoms with Crippen LogP contribution in [0.15, 0.2) is 10.7 Å². The lowest BCUT2D eigenvalue weighted by Crippen LogP contribution is -2.46. The average Bonchev–Trinajstić information content (AvgIpc) is 2.40. The van der Waals surface area contributed by atoms with Gasteiger partial charge in [-0.05, 0) is 23.0 Å². The maximum absolute atomic E-state index is 5.65. The van der Waals surface area contributed by atoms with E-state index in [0.717, 1.165) is 24.1 Å². The molecule has 1 fully saturated rings. The standard InChI is InChI=1S/C11H17BrN4O2/c1-13-5-8-7-16(3-4-18-8)11-14-6-9(12)10(15-11)17-2/h6,8,13H,3-5,7H2,1-2H3. The third kappa shape index (κ3) is 3.09. The molecule has 1 aliphatic rings. The second-order valence-electron chi connectivity index (χ2n) is 4.02. The third-order valence-corrected chi connectivity index (χ3v) is 3.29. The first-order valence-electron chi connectivity index (χ1n) is 5.82. The lowest BCUT2D eigenvalue weighted by molar-refractivity contribution is 0.0415. The van der Waals surface area contributed by atoms with E-state index in [-0.39, 0.29) is 6.10 Å². The molecule has 1 aromatic heterocycles. The number of hydrogen-bond acceptors (Lipinski definition) is 6. The highest BCUT2D eigenvalue weighted by Crippen LogP contribution is 2.24. The number of rotatable bonds is 4. The fourth-order valence-corrected chi connectivity index (χ4v) is 2.24. The van der Waals surface area contributed by atoms with Crippen LogP contribution in [-0.2, 0) is 4.74 Å². The molecule has 2 rings (SSSR count). The zero-order valence-electron chi connectivity index (χ0n) is 10.5. The van der Waals surface area contributed by atoms with E-state index in [4.69, 9.17) is 9.47 Å². The topological polar surface area (TPSA) is 59.5 Å². The molecule has 0 aliphatic carbocycles. The number of nitrogens with one attached hydrogen (secondary N) is 1. The summed E-state index contributed by atoms with van der Waals surface area (Å²) in [5.74, 6) is 1.23. The van der Waals surface area contributed by atoms with Gasteiger partial charge in [0.2, 0.25) is 11.8 Å². The van der Waals surface area contributed by atoms with Gasteiger partial charge >= 0.3 is 0 Å². The molecule has 0 bridgehead atoms. The molecular weight excluding hydrogens is 300 g/mol. The molecule has 0 spiro atoms. The van der Waals surface area contributed by atoms with Gasteiger partial charge in [0.05, 0.1) is 30.5 Å². The lowest BCUT2D eigenvalue weighted by Gasteiger charge is -2.32. The summed E-state index contributed by atoms with van der Waals surface area (Å²) in [7, 11) is 3.52. The number of morpholine rings is 1. The van der Waals surface area contributed by atoms with E-state index in [0.29, 0.717) is 18.4 Å². The summed E-state index contributed by atoms with van der Waals surface area (Å²) >= 11 is 3.35. The molecule has 0 saturated carbocycles. The maximum Gasteiger partial charge on any atom is 0.232 e. The summed E-state index contributed by atoms with van der Waals surface area (Å²) in [5.41, 5.74) is 0. The Morgan fingerprint density at radius 1 is 1.67 bits per heavy atom. The number of likely N-dealkylation sites (N-methyl/N-ethyl adjacent to an activating group) is 1. The summed E-state index contributed by atoms with van der Waals surface area (Å²) in [5, 5.41) is 3.12. The van der Waals surface area contributed by atoms with E-state index in [1.807, 2.05) is 7.05 Å². The Balaban J connectivity index is 2.10. The molecule has 0 aromatic carbocycles. The number of nitrogens with zero attached hydrogens (tertiary/aromatic N) is 3. The van der Waals surface area contributed by atoms with E-state index in [1.54, 1.807) is 13.3 Å². The van der Waals surface area contributed by atoms with Gasteiger partial charge in [0, 0.05) is 19.6 Å². The first kappa shape index (κ1) is 13.5. The van der Waals surface area contributed by atoms with Gasteiger partial charge in [-0.1, -0.05) is 0 Å². The number of aromatic nitrogens is 2. The molecule has 1 atom stereocenters. The van der Waals surface area contributed by atoms with Gasteiger partial charge in [0.15, 0.2) is 0 Å². The van der Waals surface area contributed by atoms with Gasteiger partial charge in [0.25, 0.3) is 0 Å². The van der Waals surface area contributed by atoms with Gasteiger partial charge in [0.1, 0.15) is 0 Å². The van der Waals surface area contributed by atoms with Crippen molar-refractivity contribution in [3.8, 4) is 5.88 Å². The second-order valence-corrected chi connectivity index (χ2v) is 4.88. The van der Waals surface area contributed by atoms with E-state index in [2.05, 4.69) is 36.1 Å². The number of ether oxygens (including phenoxy) is 2. The Morgan fingerprint density at radius 2 is 2.50 bits per heavy atom. The summed E-state index contributed by atoms with van der Waals surface area (Å²) in [4.78, 5) is 10.8. The number of methoxy groups -OCH3 is 1. The molecule has 6 nitrogen and oxygen atoms in total. The molecule has 1 aliphatic heterocycles. The van der Waals surface area contributed by atoms with E-state index < -0.39 is 0 Å². The molecule has 0 radical (unpaired) electrons. The van der Waals surface area contributed by atoms with Gasteiger partial charge in [-0.25, -0.2) is 4.98 Å². The van der Waals surface area contributed by atoms with Crippen molar-refractivity contribution in [1.29, 1.82) is 0 Å². The Labute approximate surface area is 115 Å². The van der Waals surface area contributed by atoms with Gasteiger partial charge < -0.3 is 19.7 Å². The maximum atomic E-state index is 5.65. The van der Waals surface area contributed by atoms with Crippen molar-refractivity contribution in [3.63, 3.8) is 0 Å². The highest BCUT2D eigenvalue weighted by atomic mass is 79.9. The molecule has 100 valence electrons. The Hall–Kier alpha value is -0.920. The number of hydrogen-bond donors (Lipinski definition) is 1. The minimum atomic E-state index is 0.169. The van der Waals surface area contributed by atoms with Crippen LogP contribution in [0.4, 0.5) is 5.95 Å². The van der Waals surface area contributed by atoms with E-state index in [1.165, 1.54) is 0 Å². The van der Waals surface area contributed by atoms with Crippen molar-refractivity contribution in [2.24, 2.45) is 0 Å². The predicted molar refractivity (Wildman–Crippen MR) is 72.2 cm³/mol. The SMILES string of the molecule is CNCC1CN(c2ncc(Br)c(OC)n2)CCO1. The normalized spacial score (nSPS) is 19.9. The number of anilines is 1. The highest BCUT2D eigenvalue weighted by Gasteiger charge is 2.22. The second kappa shape index (κ2) is 6.31. The summed E-state index contributed by atoms with van der Waals surface area (Å²) < 4.78 is 11.6. The summed E-state index contributed by atoms with van der Waals surface area (Å²) in [6, 6.07) is 0. The van der Waals surface area contributed by atoms with Gasteiger partial charge in [-0.2, -0.15) is 4.98 Å². The quantitative estimate of drug-likeness (QED) is 0.881. The lowest BCUT2D eigenvalue weighted by atomic mass is 10.3. The van der Waals surface area contributed by atoms with Crippen molar-refractivity contribution < 1.29 is 9.47 Å². The minimum Gasteiger partial charge on any atom is -0.480 e. The molecule has 1 saturated heterocycles. The van der Waals surface area contributed by atoms with Crippen molar-refractivity contribution in [1.82, 2.24) is 15.3 Å². The van der Waals surface area contributed by atoms with Crippen LogP contribution in [0.3, 0.4) is 0 Å². The number of halogens is 1. The van der Waals surface area contributed by atoms with Gasteiger partial charge in [-0.3, -0.25) is 0 Å². The van der Waals surface area contributed by atoms with Crippen molar-refractivity contribution in [3.05, 3.63) is 10.7 Å². The van der Waals surface area contributed by atoms with E-state index in [9.17, 15) is 0 Å². The van der Waals surface area contributed by atoms with Gasteiger partial charge in [-0.15, -0.1) is 0 Å². The Kier molecular flexibility index (Phi) is 4.73. The molecule has 1 N–H and O–H groups in total. The largest absolute Gasteiger partial charge is 0.480 e. The van der Waals surface area contributed by atoms with Crippen molar-refractivity contribution in [2.45, 2.75) is 6.10 Å². The molecule has 18 heavy (non-hydrogen) atoms. The molecule has 0 amide bonds. The fraction of sp³-hybridized carbons (Fsp3) is 0.636. The summed E-state index contributed by atoms with van der Waals surface area (Å²) in [6.07, 6.45) is 1.88. The Morgan fingerprint density at radius 3 is 3.22 bits per heavy atom. The summed E-state index contributed by atoms with van der Waals surface area (Å²) in [6.45, 7) is 3.09. The van der Waals surface area contributed by atoms with Crippen LogP contribution in [0, 0.1) is 0 Å². The van der Waals surface area contributed by atoms with Crippen LogP contribution < -0.4 is 15.0 Å². The molecular formula is C11H17BrN4O2. The predicted octanol–water partition coefficient (Wildman–Crippen LogP) is 0.672. The molecule has 1 unspecified atom stereocenters. The zero-order chi connectivity index (χ0) is 13.0. The highest BCUT2D eigenvalue weighted by molar-refractivity contribution is 9.10. The van der Waals surface area contributed by atoms with Crippen LogP contribution >= 0.6 is 15.9 Å². The average molecular weight is 317 g/mol. The van der Waals surface area contributed by atoms with Crippen LogP contribution in [0.2, 0.25) is 0 Å². The van der Waals surface area contributed by atoms with Crippen LogP contribution in [0.1, 0.15) is 0 Å².